The zero-order chi connectivity index (χ0) is 21.6. The van der Waals surface area contributed by atoms with Crippen molar-refractivity contribution in [2.75, 3.05) is 13.1 Å². The molecule has 0 aliphatic carbocycles. The molecule has 1 aromatic heterocycles. The molecule has 3 aromatic rings. The minimum atomic E-state index is -0.0434. The Morgan fingerprint density at radius 3 is 2.61 bits per heavy atom. The summed E-state index contributed by atoms with van der Waals surface area (Å²) < 4.78 is 5.82. The number of aromatic nitrogens is 2. The first-order chi connectivity index (χ1) is 15.2. The summed E-state index contributed by atoms with van der Waals surface area (Å²) in [6.45, 7) is 5.00. The second-order valence-electron chi connectivity index (χ2n) is 7.25. The number of hydrogen-bond acceptors (Lipinski definition) is 5. The number of rotatable bonds is 8. The first-order valence-corrected chi connectivity index (χ1v) is 10.1. The molecule has 4 rings (SSSR count). The number of nitrogens with two attached hydrogens (primary N) is 1. The summed E-state index contributed by atoms with van der Waals surface area (Å²) in [6, 6.07) is 17.1. The van der Waals surface area contributed by atoms with Gasteiger partial charge in [0.15, 0.2) is 0 Å². The van der Waals surface area contributed by atoms with Crippen molar-refractivity contribution in [3.05, 3.63) is 90.9 Å². The first kappa shape index (κ1) is 20.4. The molecule has 1 atom stereocenters. The molecular formula is C24H24N5O2+. The van der Waals surface area contributed by atoms with Crippen molar-refractivity contribution < 1.29 is 14.8 Å². The number of nitrogens with zero attached hydrogens (tertiary/aromatic N) is 3. The molecule has 0 saturated carbocycles. The molecule has 1 aliphatic rings. The van der Waals surface area contributed by atoms with Crippen molar-refractivity contribution in [3.8, 4) is 11.5 Å². The van der Waals surface area contributed by atoms with Crippen LogP contribution in [0.5, 0.6) is 11.5 Å². The number of ether oxygens (including phenoxy) is 1. The van der Waals surface area contributed by atoms with Gasteiger partial charge in [-0.2, -0.15) is 4.98 Å². The van der Waals surface area contributed by atoms with Crippen molar-refractivity contribution >= 4 is 17.4 Å². The van der Waals surface area contributed by atoms with Crippen LogP contribution in [-0.4, -0.2) is 45.6 Å². The molecule has 0 spiro atoms. The van der Waals surface area contributed by atoms with Gasteiger partial charge in [-0.3, -0.25) is 15.5 Å². The molecule has 2 heterocycles. The third-order valence-electron chi connectivity index (χ3n) is 5.32. The van der Waals surface area contributed by atoms with E-state index in [9.17, 15) is 4.79 Å². The van der Waals surface area contributed by atoms with Crippen molar-refractivity contribution in [1.82, 2.24) is 14.9 Å². The van der Waals surface area contributed by atoms with Crippen LogP contribution < -0.4 is 10.1 Å². The maximum atomic E-state index is 11.8. The maximum absolute atomic E-state index is 11.8. The summed E-state index contributed by atoms with van der Waals surface area (Å²) in [5.41, 5.74) is 1.74. The number of likely N-dealkylation sites (tertiary alicyclic amines) is 1. The topological polar surface area (TPSA) is 95.8 Å². The van der Waals surface area contributed by atoms with Crippen LogP contribution in [0.2, 0.25) is 0 Å². The molecule has 1 saturated heterocycles. The molecule has 0 radical (unpaired) electrons. The van der Waals surface area contributed by atoms with Crippen LogP contribution in [-0.2, 0) is 4.79 Å². The van der Waals surface area contributed by atoms with E-state index in [1.165, 1.54) is 12.4 Å². The van der Waals surface area contributed by atoms with E-state index in [0.717, 1.165) is 24.3 Å². The molecule has 3 N–H and O–H groups in total. The number of nitrogens with one attached hydrogen (secondary N) is 1. The van der Waals surface area contributed by atoms with E-state index in [1.54, 1.807) is 11.1 Å². The second kappa shape index (κ2) is 9.32. The fraction of sp³-hybridized carbons (Fsp3) is 0.167. The van der Waals surface area contributed by atoms with Gasteiger partial charge >= 0.3 is 0 Å². The zero-order valence-corrected chi connectivity index (χ0v) is 17.1. The lowest BCUT2D eigenvalue weighted by molar-refractivity contribution is -0.582. The summed E-state index contributed by atoms with van der Waals surface area (Å²) in [4.78, 5) is 22.1. The van der Waals surface area contributed by atoms with Crippen molar-refractivity contribution in [1.29, 1.82) is 5.41 Å². The van der Waals surface area contributed by atoms with Crippen LogP contribution in [0, 0.1) is 5.41 Å². The monoisotopic (exact) mass is 414 g/mol. The molecule has 7 nitrogen and oxygen atoms in total. The molecule has 1 amide bonds. The highest BCUT2D eigenvalue weighted by molar-refractivity contribution is 6.12. The van der Waals surface area contributed by atoms with Gasteiger partial charge in [-0.1, -0.05) is 24.8 Å². The first-order valence-electron chi connectivity index (χ1n) is 10.1. The van der Waals surface area contributed by atoms with Gasteiger partial charge in [0.25, 0.3) is 0 Å². The average Bonchev–Trinajstić information content (AvgIpc) is 2.79. The molecular weight excluding hydrogens is 390 g/mol. The van der Waals surface area contributed by atoms with E-state index in [-0.39, 0.29) is 11.9 Å². The van der Waals surface area contributed by atoms with Crippen LogP contribution in [0.25, 0.3) is 0 Å². The van der Waals surface area contributed by atoms with Crippen LogP contribution in [0.3, 0.4) is 0 Å². The summed E-state index contributed by atoms with van der Waals surface area (Å²) in [7, 11) is 0. The van der Waals surface area contributed by atoms with Gasteiger partial charge in [0.1, 0.15) is 24.4 Å². The fourth-order valence-corrected chi connectivity index (χ4v) is 3.51. The Morgan fingerprint density at radius 2 is 1.94 bits per heavy atom. The quantitative estimate of drug-likeness (QED) is 0.438. The third-order valence-corrected chi connectivity index (χ3v) is 5.32. The van der Waals surface area contributed by atoms with Gasteiger partial charge in [0.05, 0.1) is 17.3 Å². The lowest BCUT2D eigenvalue weighted by atomic mass is 10.0. The highest BCUT2D eigenvalue weighted by Crippen LogP contribution is 2.22. The number of carbonyl (C=O) groups is 1. The summed E-state index contributed by atoms with van der Waals surface area (Å²) in [6.07, 6.45) is 5.44. The molecule has 2 aromatic carbocycles. The molecule has 1 aliphatic heterocycles. The van der Waals surface area contributed by atoms with E-state index in [4.69, 9.17) is 10.1 Å². The van der Waals surface area contributed by atoms with Crippen molar-refractivity contribution in [2.45, 2.75) is 12.5 Å². The normalized spacial score (nSPS) is 15.1. The standard InChI is InChI=1S/C24H23N5O2/c1-2-22(30)29-13-12-18(29)14-27-24-21(15-26-16-28-24)23(25)17-8-10-20(11-9-17)31-19-6-4-3-5-7-19/h2-11,15-16,18,25H,1,12-14H2,(H,26,27,28)/p+1/t18-/m1/s1. The number of amides is 1. The van der Waals surface area contributed by atoms with Crippen molar-refractivity contribution in [2.24, 2.45) is 0 Å². The predicted octanol–water partition coefficient (Wildman–Crippen LogP) is 2.67. The van der Waals surface area contributed by atoms with Gasteiger partial charge in [-0.05, 0) is 48.9 Å². The summed E-state index contributed by atoms with van der Waals surface area (Å²) in [5, 5.41) is 10.6. The van der Waals surface area contributed by atoms with E-state index in [2.05, 4.69) is 16.5 Å². The predicted molar refractivity (Wildman–Crippen MR) is 118 cm³/mol. The second-order valence-corrected chi connectivity index (χ2v) is 7.25. The Morgan fingerprint density at radius 1 is 1.19 bits per heavy atom. The molecule has 31 heavy (non-hydrogen) atoms. The average molecular weight is 414 g/mol. The maximum Gasteiger partial charge on any atom is 0.246 e. The summed E-state index contributed by atoms with van der Waals surface area (Å²) >= 11 is 0. The van der Waals surface area contributed by atoms with E-state index in [1.807, 2.05) is 59.9 Å². The van der Waals surface area contributed by atoms with Gasteiger partial charge in [0, 0.05) is 18.3 Å². The van der Waals surface area contributed by atoms with Gasteiger partial charge < -0.3 is 9.64 Å². The number of benzene rings is 2. The van der Waals surface area contributed by atoms with Crippen molar-refractivity contribution in [3.63, 3.8) is 0 Å². The van der Waals surface area contributed by atoms with Crippen LogP contribution >= 0.6 is 0 Å². The van der Waals surface area contributed by atoms with Gasteiger partial charge in [-0.15, -0.1) is 0 Å². The minimum Gasteiger partial charge on any atom is -0.457 e. The van der Waals surface area contributed by atoms with Gasteiger partial charge in [0.2, 0.25) is 11.7 Å². The van der Waals surface area contributed by atoms with Crippen LogP contribution in [0.15, 0.2) is 79.8 Å². The number of quaternary nitrogens is 1. The number of carbonyl (C=O) groups excluding carboxylic acids is 1. The lowest BCUT2D eigenvalue weighted by Gasteiger charge is -2.39. The van der Waals surface area contributed by atoms with Crippen LogP contribution in [0.4, 0.5) is 5.82 Å². The smallest absolute Gasteiger partial charge is 0.246 e. The Balaban J connectivity index is 1.44. The largest absolute Gasteiger partial charge is 0.457 e. The molecule has 0 bridgehead atoms. The Bertz CT molecular complexity index is 1080. The van der Waals surface area contributed by atoms with E-state index in [0.29, 0.717) is 29.4 Å². The zero-order valence-electron chi connectivity index (χ0n) is 17.1. The SMILES string of the molecule is C=CC(=O)N1CC[C@@H]1C[NH2+]c1ncncc1C(=N)c1ccc(Oc2ccccc2)cc1. The minimum absolute atomic E-state index is 0.0434. The number of para-hydroxylation sites is 1. The molecule has 156 valence electrons. The highest BCUT2D eigenvalue weighted by atomic mass is 16.5. The third kappa shape index (κ3) is 4.67. The highest BCUT2D eigenvalue weighted by Gasteiger charge is 2.32. The fourth-order valence-electron chi connectivity index (χ4n) is 3.51. The lowest BCUT2D eigenvalue weighted by Crippen LogP contribution is -2.84. The van der Waals surface area contributed by atoms with Gasteiger partial charge in [-0.25, -0.2) is 4.98 Å². The Hall–Kier alpha value is -3.84. The molecule has 7 heteroatoms. The number of hydrogen-bond donors (Lipinski definition) is 2. The molecule has 1 fully saturated rings. The Kier molecular flexibility index (Phi) is 6.14. The van der Waals surface area contributed by atoms with E-state index >= 15 is 0 Å². The van der Waals surface area contributed by atoms with E-state index < -0.39 is 0 Å². The molecule has 0 unspecified atom stereocenters. The van der Waals surface area contributed by atoms with Crippen LogP contribution in [0.1, 0.15) is 17.5 Å². The Labute approximate surface area is 180 Å². The summed E-state index contributed by atoms with van der Waals surface area (Å²) in [5.74, 6) is 2.12.